The van der Waals surface area contributed by atoms with Gasteiger partial charge in [0, 0.05) is 29.8 Å². The molecule has 1 heterocycles. The highest BCUT2D eigenvalue weighted by Gasteiger charge is 2.22. The molecule has 1 aliphatic heterocycles. The first-order chi connectivity index (χ1) is 10.3. The van der Waals surface area contributed by atoms with E-state index < -0.39 is 0 Å². The number of rotatable bonds is 8. The van der Waals surface area contributed by atoms with Gasteiger partial charge in [-0.25, -0.2) is 0 Å². The third kappa shape index (κ3) is 5.69. The van der Waals surface area contributed by atoms with Crippen molar-refractivity contribution < 1.29 is 4.79 Å². The van der Waals surface area contributed by atoms with Crippen LogP contribution >= 0.6 is 11.8 Å². The van der Waals surface area contributed by atoms with Crippen LogP contribution in [0.1, 0.15) is 13.3 Å². The lowest BCUT2D eigenvalue weighted by molar-refractivity contribution is -0.122. The van der Waals surface area contributed by atoms with Crippen LogP contribution in [0.25, 0.3) is 0 Å². The number of hydrogen-bond acceptors (Lipinski definition) is 4. The number of hydrogen-bond donors (Lipinski definition) is 2. The molecule has 0 saturated carbocycles. The molecule has 1 fully saturated rings. The van der Waals surface area contributed by atoms with Crippen LogP contribution in [0.2, 0.25) is 0 Å². The van der Waals surface area contributed by atoms with Crippen molar-refractivity contribution in [3.8, 4) is 0 Å². The fraction of sp³-hybridized carbons (Fsp3) is 0.562. The second-order valence-electron chi connectivity index (χ2n) is 5.22. The lowest BCUT2D eigenvalue weighted by Gasteiger charge is -2.26. The molecule has 2 rings (SSSR count). The first-order valence-electron chi connectivity index (χ1n) is 7.69. The van der Waals surface area contributed by atoms with E-state index in [4.69, 9.17) is 0 Å². The Morgan fingerprint density at radius 2 is 2.24 bits per heavy atom. The molecule has 0 radical (unpaired) electrons. The molecule has 1 atom stereocenters. The van der Waals surface area contributed by atoms with E-state index in [1.165, 1.54) is 4.90 Å². The molecule has 1 aromatic rings. The minimum absolute atomic E-state index is 0.136. The van der Waals surface area contributed by atoms with Gasteiger partial charge in [-0.1, -0.05) is 25.1 Å². The third-order valence-corrected chi connectivity index (χ3v) is 4.75. The van der Waals surface area contributed by atoms with Gasteiger partial charge >= 0.3 is 0 Å². The largest absolute Gasteiger partial charge is 0.354 e. The van der Waals surface area contributed by atoms with E-state index in [0.29, 0.717) is 12.6 Å². The Kier molecular flexibility index (Phi) is 7.06. The van der Waals surface area contributed by atoms with E-state index in [0.717, 1.165) is 38.4 Å². The summed E-state index contributed by atoms with van der Waals surface area (Å²) < 4.78 is 0. The van der Waals surface area contributed by atoms with E-state index in [1.807, 2.05) is 18.2 Å². The first-order valence-corrected chi connectivity index (χ1v) is 8.67. The molecule has 1 aliphatic rings. The Morgan fingerprint density at radius 3 is 2.90 bits per heavy atom. The van der Waals surface area contributed by atoms with Crippen molar-refractivity contribution in [2.24, 2.45) is 0 Å². The summed E-state index contributed by atoms with van der Waals surface area (Å²) in [5.41, 5.74) is 0. The van der Waals surface area contributed by atoms with Crippen LogP contribution in [-0.4, -0.2) is 55.3 Å². The average Bonchev–Trinajstić information content (AvgIpc) is 3.04. The zero-order valence-electron chi connectivity index (χ0n) is 12.7. The predicted octanol–water partition coefficient (Wildman–Crippen LogP) is 1.58. The van der Waals surface area contributed by atoms with Crippen LogP contribution in [0.15, 0.2) is 35.2 Å². The molecule has 1 unspecified atom stereocenters. The molecule has 21 heavy (non-hydrogen) atoms. The summed E-state index contributed by atoms with van der Waals surface area (Å²) >= 11 is 1.77. The highest BCUT2D eigenvalue weighted by atomic mass is 32.2. The maximum atomic E-state index is 12.0. The van der Waals surface area contributed by atoms with Gasteiger partial charge in [-0.15, -0.1) is 11.8 Å². The topological polar surface area (TPSA) is 44.4 Å². The number of carbonyl (C=O) groups excluding carboxylic acids is 1. The SMILES string of the molecule is CCN(CC(=O)NCCSc1ccccc1)C1CCNC1. The summed E-state index contributed by atoms with van der Waals surface area (Å²) in [5.74, 6) is 1.05. The van der Waals surface area contributed by atoms with Crippen LogP contribution in [0.3, 0.4) is 0 Å². The quantitative estimate of drug-likeness (QED) is 0.565. The van der Waals surface area contributed by atoms with Crippen molar-refractivity contribution in [2.45, 2.75) is 24.3 Å². The molecule has 4 nitrogen and oxygen atoms in total. The Bertz CT molecular complexity index is 421. The smallest absolute Gasteiger partial charge is 0.234 e. The fourth-order valence-electron chi connectivity index (χ4n) is 2.57. The number of thioether (sulfide) groups is 1. The molecule has 0 aromatic heterocycles. The monoisotopic (exact) mass is 307 g/mol. The molecule has 0 bridgehead atoms. The minimum atomic E-state index is 0.136. The van der Waals surface area contributed by atoms with Crippen LogP contribution in [0.5, 0.6) is 0 Å². The lowest BCUT2D eigenvalue weighted by atomic mass is 10.2. The second kappa shape index (κ2) is 9.07. The number of nitrogens with one attached hydrogen (secondary N) is 2. The minimum Gasteiger partial charge on any atom is -0.354 e. The van der Waals surface area contributed by atoms with Gasteiger partial charge < -0.3 is 10.6 Å². The van der Waals surface area contributed by atoms with Crippen LogP contribution in [-0.2, 0) is 4.79 Å². The molecule has 2 N–H and O–H groups in total. The van der Waals surface area contributed by atoms with E-state index in [2.05, 4.69) is 34.6 Å². The zero-order chi connectivity index (χ0) is 14.9. The molecular weight excluding hydrogens is 282 g/mol. The Labute approximate surface area is 131 Å². The van der Waals surface area contributed by atoms with Crippen molar-refractivity contribution >= 4 is 17.7 Å². The number of benzene rings is 1. The van der Waals surface area contributed by atoms with Crippen LogP contribution in [0.4, 0.5) is 0 Å². The Hall–Kier alpha value is -1.04. The van der Waals surface area contributed by atoms with Gasteiger partial charge in [0.2, 0.25) is 5.91 Å². The van der Waals surface area contributed by atoms with E-state index in [1.54, 1.807) is 11.8 Å². The van der Waals surface area contributed by atoms with Gasteiger partial charge in [-0.05, 0) is 31.6 Å². The maximum absolute atomic E-state index is 12.0. The Balaban J connectivity index is 1.62. The number of amides is 1. The van der Waals surface area contributed by atoms with E-state index in [-0.39, 0.29) is 5.91 Å². The van der Waals surface area contributed by atoms with Gasteiger partial charge in [0.05, 0.1) is 6.54 Å². The summed E-state index contributed by atoms with van der Waals surface area (Å²) in [6.07, 6.45) is 1.14. The first kappa shape index (κ1) is 16.3. The highest BCUT2D eigenvalue weighted by Crippen LogP contribution is 2.15. The molecule has 1 aromatic carbocycles. The van der Waals surface area contributed by atoms with Crippen molar-refractivity contribution in [3.05, 3.63) is 30.3 Å². The van der Waals surface area contributed by atoms with Crippen molar-refractivity contribution in [1.82, 2.24) is 15.5 Å². The summed E-state index contributed by atoms with van der Waals surface area (Å²) in [5, 5.41) is 6.37. The normalized spacial score (nSPS) is 18.1. The van der Waals surface area contributed by atoms with Crippen molar-refractivity contribution in [3.63, 3.8) is 0 Å². The lowest BCUT2D eigenvalue weighted by Crippen LogP contribution is -2.44. The van der Waals surface area contributed by atoms with Crippen molar-refractivity contribution in [2.75, 3.05) is 38.5 Å². The molecule has 1 amide bonds. The summed E-state index contributed by atoms with van der Waals surface area (Å²) in [4.78, 5) is 15.5. The van der Waals surface area contributed by atoms with Gasteiger partial charge in [0.1, 0.15) is 0 Å². The van der Waals surface area contributed by atoms with E-state index >= 15 is 0 Å². The van der Waals surface area contributed by atoms with Crippen LogP contribution < -0.4 is 10.6 Å². The van der Waals surface area contributed by atoms with Crippen LogP contribution in [0, 0.1) is 0 Å². The second-order valence-corrected chi connectivity index (χ2v) is 6.39. The summed E-state index contributed by atoms with van der Waals surface area (Å²) in [7, 11) is 0. The van der Waals surface area contributed by atoms with Crippen molar-refractivity contribution in [1.29, 1.82) is 0 Å². The molecule has 0 spiro atoms. The fourth-order valence-corrected chi connectivity index (χ4v) is 3.36. The summed E-state index contributed by atoms with van der Waals surface area (Å²) in [6, 6.07) is 10.8. The standard InChI is InChI=1S/C16H25N3OS/c1-2-19(14-8-9-17-12-14)13-16(20)18-10-11-21-15-6-4-3-5-7-15/h3-7,14,17H,2,8-13H2,1H3,(H,18,20). The van der Waals surface area contributed by atoms with Gasteiger partial charge in [0.25, 0.3) is 0 Å². The number of nitrogens with zero attached hydrogens (tertiary/aromatic N) is 1. The van der Waals surface area contributed by atoms with E-state index in [9.17, 15) is 4.79 Å². The number of likely N-dealkylation sites (N-methyl/N-ethyl adjacent to an activating group) is 1. The van der Waals surface area contributed by atoms with Gasteiger partial charge in [-0.3, -0.25) is 9.69 Å². The van der Waals surface area contributed by atoms with Gasteiger partial charge in [-0.2, -0.15) is 0 Å². The molecule has 116 valence electrons. The Morgan fingerprint density at radius 1 is 1.43 bits per heavy atom. The average molecular weight is 307 g/mol. The third-order valence-electron chi connectivity index (χ3n) is 3.74. The summed E-state index contributed by atoms with van der Waals surface area (Å²) in [6.45, 7) is 6.36. The molecular formula is C16H25N3OS. The zero-order valence-corrected chi connectivity index (χ0v) is 13.5. The predicted molar refractivity (Wildman–Crippen MR) is 88.7 cm³/mol. The molecule has 0 aliphatic carbocycles. The highest BCUT2D eigenvalue weighted by molar-refractivity contribution is 7.99. The maximum Gasteiger partial charge on any atom is 0.234 e. The molecule has 5 heteroatoms. The molecule has 1 saturated heterocycles. The van der Waals surface area contributed by atoms with Gasteiger partial charge in [0.15, 0.2) is 0 Å². The number of carbonyl (C=O) groups is 1.